The summed E-state index contributed by atoms with van der Waals surface area (Å²) >= 11 is 0. The topological polar surface area (TPSA) is 73.1 Å². The molecule has 4 heteroatoms. The van der Waals surface area contributed by atoms with E-state index in [-0.39, 0.29) is 6.42 Å². The third kappa shape index (κ3) is 2.71. The maximum Gasteiger partial charge on any atom is 0.303 e. The number of piperidine rings is 1. The number of nitrogens with zero attached hydrogens (tertiary/aromatic N) is 1. The zero-order chi connectivity index (χ0) is 9.73. The molecule has 1 rings (SSSR count). The number of carbonyl (C=O) groups is 1. The van der Waals surface area contributed by atoms with Gasteiger partial charge in [0.15, 0.2) is 0 Å². The van der Waals surface area contributed by atoms with E-state index in [1.54, 1.807) is 0 Å². The minimum Gasteiger partial charge on any atom is -0.481 e. The number of aliphatic carboxylic acids is 1. The Morgan fingerprint density at radius 3 is 2.92 bits per heavy atom. The van der Waals surface area contributed by atoms with Gasteiger partial charge in [-0.15, -0.1) is 0 Å². The van der Waals surface area contributed by atoms with Gasteiger partial charge < -0.3 is 10.4 Å². The van der Waals surface area contributed by atoms with Crippen molar-refractivity contribution >= 4 is 5.97 Å². The molecule has 0 aromatic heterocycles. The summed E-state index contributed by atoms with van der Waals surface area (Å²) in [5, 5.41) is 20.6. The fourth-order valence-corrected chi connectivity index (χ4v) is 1.68. The molecule has 0 aromatic rings. The molecule has 0 bridgehead atoms. The van der Waals surface area contributed by atoms with Crippen LogP contribution in [0.3, 0.4) is 0 Å². The van der Waals surface area contributed by atoms with Crippen LogP contribution in [0.2, 0.25) is 0 Å². The Hall–Kier alpha value is -1.08. The maximum absolute atomic E-state index is 10.4. The van der Waals surface area contributed by atoms with Crippen molar-refractivity contribution < 1.29 is 9.90 Å². The van der Waals surface area contributed by atoms with Gasteiger partial charge >= 0.3 is 5.97 Å². The summed E-state index contributed by atoms with van der Waals surface area (Å²) in [5.41, 5.74) is -0.434. The molecular weight excluding hydrogens is 168 g/mol. The number of hydrogen-bond donors (Lipinski definition) is 2. The Bertz CT molecular complexity index is 226. The first kappa shape index (κ1) is 10.0. The van der Waals surface area contributed by atoms with Gasteiger partial charge in [-0.25, -0.2) is 0 Å². The van der Waals surface area contributed by atoms with E-state index >= 15 is 0 Å². The van der Waals surface area contributed by atoms with Gasteiger partial charge in [-0.3, -0.25) is 4.79 Å². The van der Waals surface area contributed by atoms with Crippen LogP contribution in [-0.4, -0.2) is 24.2 Å². The largest absolute Gasteiger partial charge is 0.481 e. The van der Waals surface area contributed by atoms with Crippen molar-refractivity contribution in [2.75, 3.05) is 13.1 Å². The molecule has 72 valence electrons. The lowest BCUT2D eigenvalue weighted by Crippen LogP contribution is -2.39. The monoisotopic (exact) mass is 182 g/mol. The molecule has 1 saturated heterocycles. The highest BCUT2D eigenvalue weighted by Gasteiger charge is 2.32. The molecule has 4 nitrogen and oxygen atoms in total. The zero-order valence-electron chi connectivity index (χ0n) is 7.55. The number of nitrogens with one attached hydrogen (secondary N) is 1. The fraction of sp³-hybridized carbons (Fsp3) is 0.778. The van der Waals surface area contributed by atoms with Crippen molar-refractivity contribution in [1.82, 2.24) is 5.32 Å². The van der Waals surface area contributed by atoms with Gasteiger partial charge in [-0.05, 0) is 25.8 Å². The van der Waals surface area contributed by atoms with Crippen molar-refractivity contribution in [2.45, 2.75) is 25.7 Å². The van der Waals surface area contributed by atoms with E-state index in [2.05, 4.69) is 11.4 Å². The second-order valence-electron chi connectivity index (χ2n) is 3.57. The van der Waals surface area contributed by atoms with E-state index in [0.717, 1.165) is 19.4 Å². The second-order valence-corrected chi connectivity index (χ2v) is 3.57. The molecule has 1 heterocycles. The van der Waals surface area contributed by atoms with Gasteiger partial charge in [0.05, 0.1) is 11.5 Å². The van der Waals surface area contributed by atoms with Crippen molar-refractivity contribution in [3.05, 3.63) is 0 Å². The average Bonchev–Trinajstić information content (AvgIpc) is 2.16. The quantitative estimate of drug-likeness (QED) is 0.675. The van der Waals surface area contributed by atoms with E-state index in [9.17, 15) is 4.79 Å². The van der Waals surface area contributed by atoms with Crippen LogP contribution in [0, 0.1) is 16.7 Å². The third-order valence-electron chi connectivity index (χ3n) is 2.53. The summed E-state index contributed by atoms with van der Waals surface area (Å²) in [6.07, 6.45) is 2.35. The molecular formula is C9H14N2O2. The first-order chi connectivity index (χ1) is 6.18. The van der Waals surface area contributed by atoms with Crippen LogP contribution in [0.1, 0.15) is 25.7 Å². The van der Waals surface area contributed by atoms with Crippen LogP contribution in [0.15, 0.2) is 0 Å². The summed E-state index contributed by atoms with van der Waals surface area (Å²) in [6.45, 7) is 1.58. The summed E-state index contributed by atoms with van der Waals surface area (Å²) < 4.78 is 0. The van der Waals surface area contributed by atoms with Gasteiger partial charge in [0.1, 0.15) is 0 Å². The van der Waals surface area contributed by atoms with E-state index in [4.69, 9.17) is 10.4 Å². The van der Waals surface area contributed by atoms with Crippen LogP contribution in [-0.2, 0) is 4.79 Å². The minimum absolute atomic E-state index is 0.0925. The van der Waals surface area contributed by atoms with Crippen LogP contribution < -0.4 is 5.32 Å². The summed E-state index contributed by atoms with van der Waals surface area (Å²) in [4.78, 5) is 10.4. The molecule has 0 aliphatic carbocycles. The first-order valence-corrected chi connectivity index (χ1v) is 4.52. The molecule has 2 N–H and O–H groups in total. The van der Waals surface area contributed by atoms with Crippen LogP contribution >= 0.6 is 0 Å². The molecule has 1 aliphatic rings. The number of hydrogen-bond acceptors (Lipinski definition) is 3. The second kappa shape index (κ2) is 4.24. The fourth-order valence-electron chi connectivity index (χ4n) is 1.68. The molecule has 1 aliphatic heterocycles. The average molecular weight is 182 g/mol. The molecule has 13 heavy (non-hydrogen) atoms. The van der Waals surface area contributed by atoms with Crippen LogP contribution in [0.25, 0.3) is 0 Å². The number of rotatable bonds is 3. The first-order valence-electron chi connectivity index (χ1n) is 4.52. The Balaban J connectivity index is 2.49. The molecule has 0 aromatic carbocycles. The molecule has 0 saturated carbocycles. The standard InChI is InChI=1S/C9H14N2O2/c10-6-9(4-2-8(12)13)3-1-5-11-7-9/h11H,1-5,7H2,(H,12,13). The van der Waals surface area contributed by atoms with E-state index in [1.807, 2.05) is 0 Å². The predicted octanol–water partition coefficient (Wildman–Crippen LogP) is 0.745. The number of carboxylic acids is 1. The Morgan fingerprint density at radius 2 is 2.46 bits per heavy atom. The molecule has 0 amide bonds. The van der Waals surface area contributed by atoms with E-state index in [1.165, 1.54) is 0 Å². The van der Waals surface area contributed by atoms with Gasteiger partial charge in [0.25, 0.3) is 0 Å². The highest BCUT2D eigenvalue weighted by atomic mass is 16.4. The summed E-state index contributed by atoms with van der Waals surface area (Å²) in [5.74, 6) is -0.819. The lowest BCUT2D eigenvalue weighted by Gasteiger charge is -2.30. The van der Waals surface area contributed by atoms with Crippen molar-refractivity contribution in [1.29, 1.82) is 5.26 Å². The number of carboxylic acid groups (broad SMARTS) is 1. The molecule has 1 fully saturated rings. The number of nitriles is 1. The highest BCUT2D eigenvalue weighted by Crippen LogP contribution is 2.30. The lowest BCUT2D eigenvalue weighted by molar-refractivity contribution is -0.137. The van der Waals surface area contributed by atoms with Crippen molar-refractivity contribution in [3.63, 3.8) is 0 Å². The highest BCUT2D eigenvalue weighted by molar-refractivity contribution is 5.66. The van der Waals surface area contributed by atoms with Gasteiger partial charge in [0, 0.05) is 13.0 Å². The van der Waals surface area contributed by atoms with Crippen molar-refractivity contribution in [3.8, 4) is 6.07 Å². The Morgan fingerprint density at radius 1 is 1.69 bits per heavy atom. The third-order valence-corrected chi connectivity index (χ3v) is 2.53. The van der Waals surface area contributed by atoms with Crippen LogP contribution in [0.5, 0.6) is 0 Å². The summed E-state index contributed by atoms with van der Waals surface area (Å²) in [7, 11) is 0. The maximum atomic E-state index is 10.4. The van der Waals surface area contributed by atoms with Gasteiger partial charge in [-0.1, -0.05) is 0 Å². The molecule has 1 atom stereocenters. The normalized spacial score (nSPS) is 27.9. The lowest BCUT2D eigenvalue weighted by atomic mass is 9.78. The molecule has 0 radical (unpaired) electrons. The van der Waals surface area contributed by atoms with E-state index < -0.39 is 11.4 Å². The SMILES string of the molecule is N#CC1(CCC(=O)O)CCCNC1. The Kier molecular flexibility index (Phi) is 3.26. The van der Waals surface area contributed by atoms with Crippen LogP contribution in [0.4, 0.5) is 0 Å². The molecule has 0 spiro atoms. The minimum atomic E-state index is -0.819. The Labute approximate surface area is 77.6 Å². The van der Waals surface area contributed by atoms with Gasteiger partial charge in [0.2, 0.25) is 0 Å². The van der Waals surface area contributed by atoms with E-state index in [0.29, 0.717) is 13.0 Å². The summed E-state index contributed by atoms with van der Waals surface area (Å²) in [6, 6.07) is 2.25. The zero-order valence-corrected chi connectivity index (χ0v) is 7.55. The predicted molar refractivity (Wildman–Crippen MR) is 47.0 cm³/mol. The smallest absolute Gasteiger partial charge is 0.303 e. The van der Waals surface area contributed by atoms with Crippen molar-refractivity contribution in [2.24, 2.45) is 5.41 Å². The molecule has 1 unspecified atom stereocenters. The van der Waals surface area contributed by atoms with Gasteiger partial charge in [-0.2, -0.15) is 5.26 Å².